The van der Waals surface area contributed by atoms with E-state index in [0.717, 1.165) is 0 Å². The van der Waals surface area contributed by atoms with Crippen LogP contribution in [-0.2, 0) is 25.0 Å². The van der Waals surface area contributed by atoms with Gasteiger partial charge in [0.05, 0.1) is 18.2 Å². The van der Waals surface area contributed by atoms with Crippen molar-refractivity contribution in [2.45, 2.75) is 31.1 Å². The molecule has 0 unspecified atom stereocenters. The van der Waals surface area contributed by atoms with Crippen molar-refractivity contribution in [1.29, 1.82) is 0 Å². The Hall–Kier alpha value is -2.13. The third-order valence-electron chi connectivity index (χ3n) is 4.89. The lowest BCUT2D eigenvalue weighted by molar-refractivity contribution is -0.118. The molecule has 1 heterocycles. The Morgan fingerprint density at radius 1 is 1.13 bits per heavy atom. The monoisotopic (exact) mass is 466 g/mol. The summed E-state index contributed by atoms with van der Waals surface area (Å²) in [5, 5.41) is 2.76. The Morgan fingerprint density at radius 3 is 2.39 bits per heavy atom. The normalized spacial score (nSPS) is 15.5. The molecule has 0 atom stereocenters. The summed E-state index contributed by atoms with van der Waals surface area (Å²) in [6.07, 6.45) is 0. The van der Waals surface area contributed by atoms with Crippen LogP contribution >= 0.6 is 11.6 Å². The summed E-state index contributed by atoms with van der Waals surface area (Å²) in [5.74, 6) is 0.173. The van der Waals surface area contributed by atoms with Crippen molar-refractivity contribution >= 4 is 33.2 Å². The lowest BCUT2D eigenvalue weighted by Gasteiger charge is -2.26. The van der Waals surface area contributed by atoms with E-state index >= 15 is 0 Å². The highest BCUT2D eigenvalue weighted by molar-refractivity contribution is 7.89. The van der Waals surface area contributed by atoms with Crippen molar-refractivity contribution in [3.05, 3.63) is 53.1 Å². The molecule has 1 aliphatic heterocycles. The molecule has 2 aromatic rings. The Kier molecular flexibility index (Phi) is 7.26. The first-order chi connectivity index (χ1) is 14.6. The molecule has 0 saturated carbocycles. The van der Waals surface area contributed by atoms with Crippen LogP contribution in [0.4, 0.5) is 5.69 Å². The Labute approximate surface area is 188 Å². The molecule has 31 heavy (non-hydrogen) atoms. The van der Waals surface area contributed by atoms with Crippen molar-refractivity contribution in [3.8, 4) is 5.75 Å². The number of carbonyl (C=O) groups excluding carboxylic acids is 1. The Morgan fingerprint density at radius 2 is 1.77 bits per heavy atom. The molecule has 168 valence electrons. The molecular weight excluding hydrogens is 440 g/mol. The fourth-order valence-corrected chi connectivity index (χ4v) is 5.01. The summed E-state index contributed by atoms with van der Waals surface area (Å²) < 4.78 is 37.9. The number of carbonyl (C=O) groups is 1. The van der Waals surface area contributed by atoms with Gasteiger partial charge < -0.3 is 14.8 Å². The second kappa shape index (κ2) is 9.56. The smallest absolute Gasteiger partial charge is 0.262 e. The van der Waals surface area contributed by atoms with Crippen LogP contribution in [-0.4, -0.2) is 51.5 Å². The van der Waals surface area contributed by atoms with Crippen LogP contribution < -0.4 is 10.1 Å². The van der Waals surface area contributed by atoms with Gasteiger partial charge in [-0.2, -0.15) is 4.31 Å². The van der Waals surface area contributed by atoms with Crippen molar-refractivity contribution in [2.75, 3.05) is 38.2 Å². The topological polar surface area (TPSA) is 84.9 Å². The van der Waals surface area contributed by atoms with Crippen LogP contribution in [0.25, 0.3) is 0 Å². The van der Waals surface area contributed by atoms with E-state index in [1.807, 2.05) is 24.3 Å². The number of nitrogens with one attached hydrogen (secondary N) is 1. The molecule has 1 fully saturated rings. The molecule has 1 saturated heterocycles. The van der Waals surface area contributed by atoms with E-state index in [0.29, 0.717) is 24.7 Å². The minimum absolute atomic E-state index is 0.0315. The van der Waals surface area contributed by atoms with Crippen LogP contribution in [0.15, 0.2) is 47.4 Å². The number of hydrogen-bond acceptors (Lipinski definition) is 5. The molecule has 1 aliphatic rings. The fraction of sp³-hybridized carbons (Fsp3) is 0.409. The van der Waals surface area contributed by atoms with E-state index < -0.39 is 15.9 Å². The van der Waals surface area contributed by atoms with Gasteiger partial charge in [0.15, 0.2) is 6.61 Å². The molecular formula is C22H27ClN2O5S. The van der Waals surface area contributed by atoms with Gasteiger partial charge in [0.2, 0.25) is 10.0 Å². The lowest BCUT2D eigenvalue weighted by atomic mass is 9.87. The highest BCUT2D eigenvalue weighted by Gasteiger charge is 2.28. The summed E-state index contributed by atoms with van der Waals surface area (Å²) in [5.41, 5.74) is 1.52. The highest BCUT2D eigenvalue weighted by atomic mass is 35.5. The van der Waals surface area contributed by atoms with Crippen LogP contribution in [0.5, 0.6) is 5.75 Å². The minimum atomic E-state index is -3.78. The highest BCUT2D eigenvalue weighted by Crippen LogP contribution is 2.28. The molecule has 0 spiro atoms. The first-order valence-electron chi connectivity index (χ1n) is 9.98. The van der Waals surface area contributed by atoms with E-state index in [2.05, 4.69) is 26.1 Å². The summed E-state index contributed by atoms with van der Waals surface area (Å²) in [6.45, 7) is 7.35. The molecule has 3 rings (SSSR count). The fourth-order valence-electron chi connectivity index (χ4n) is 3.10. The number of rotatable bonds is 6. The average molecular weight is 467 g/mol. The predicted octanol–water partition coefficient (Wildman–Crippen LogP) is 3.68. The Bertz CT molecular complexity index is 1030. The maximum Gasteiger partial charge on any atom is 0.262 e. The van der Waals surface area contributed by atoms with Gasteiger partial charge in [0, 0.05) is 18.8 Å². The van der Waals surface area contributed by atoms with Crippen LogP contribution in [0.1, 0.15) is 26.3 Å². The number of nitrogens with zero attached hydrogens (tertiary/aromatic N) is 1. The maximum atomic E-state index is 12.9. The maximum absolute atomic E-state index is 12.9. The molecule has 0 aliphatic carbocycles. The number of benzene rings is 2. The molecule has 2 aromatic carbocycles. The van der Waals surface area contributed by atoms with Crippen molar-refractivity contribution in [1.82, 2.24) is 4.31 Å². The second-order valence-electron chi connectivity index (χ2n) is 8.27. The van der Waals surface area contributed by atoms with Gasteiger partial charge in [-0.1, -0.05) is 44.5 Å². The lowest BCUT2D eigenvalue weighted by Crippen LogP contribution is -2.40. The molecule has 9 heteroatoms. The van der Waals surface area contributed by atoms with Gasteiger partial charge in [0.1, 0.15) is 10.6 Å². The summed E-state index contributed by atoms with van der Waals surface area (Å²) in [7, 11) is -3.78. The number of halogens is 1. The van der Waals surface area contributed by atoms with Gasteiger partial charge in [0.25, 0.3) is 5.91 Å². The van der Waals surface area contributed by atoms with Crippen LogP contribution in [0.3, 0.4) is 0 Å². The third kappa shape index (κ3) is 5.98. The number of morpholine rings is 1. The number of anilines is 1. The zero-order chi connectivity index (χ0) is 22.6. The number of sulfonamides is 1. The molecule has 1 N–H and O–H groups in total. The first-order valence-corrected chi connectivity index (χ1v) is 11.8. The van der Waals surface area contributed by atoms with Crippen molar-refractivity contribution in [3.63, 3.8) is 0 Å². The predicted molar refractivity (Wildman–Crippen MR) is 120 cm³/mol. The first kappa shape index (κ1) is 23.5. The minimum Gasteiger partial charge on any atom is -0.484 e. The average Bonchev–Trinajstić information content (AvgIpc) is 2.74. The zero-order valence-electron chi connectivity index (χ0n) is 17.9. The summed E-state index contributed by atoms with van der Waals surface area (Å²) >= 11 is 6.15. The number of hydrogen-bond donors (Lipinski definition) is 1. The van der Waals surface area contributed by atoms with E-state index in [-0.39, 0.29) is 35.0 Å². The summed E-state index contributed by atoms with van der Waals surface area (Å²) in [4.78, 5) is 12.3. The van der Waals surface area contributed by atoms with E-state index in [4.69, 9.17) is 21.1 Å². The van der Waals surface area contributed by atoms with Crippen LogP contribution in [0, 0.1) is 0 Å². The molecule has 0 aromatic heterocycles. The van der Waals surface area contributed by atoms with Gasteiger partial charge >= 0.3 is 0 Å². The molecule has 0 bridgehead atoms. The van der Waals surface area contributed by atoms with E-state index in [9.17, 15) is 13.2 Å². The largest absolute Gasteiger partial charge is 0.484 e. The van der Waals surface area contributed by atoms with Crippen molar-refractivity contribution < 1.29 is 22.7 Å². The van der Waals surface area contributed by atoms with Crippen molar-refractivity contribution in [2.24, 2.45) is 0 Å². The number of ether oxygens (including phenoxy) is 2. The summed E-state index contributed by atoms with van der Waals surface area (Å²) in [6, 6.07) is 12.0. The third-order valence-corrected chi connectivity index (χ3v) is 7.27. The van der Waals surface area contributed by atoms with Gasteiger partial charge in [-0.05, 0) is 41.3 Å². The van der Waals surface area contributed by atoms with Gasteiger partial charge in [-0.3, -0.25) is 4.79 Å². The SMILES string of the molecule is CC(C)(C)c1ccc(OCC(=O)Nc2ccc(Cl)c(S(=O)(=O)N3CCOCC3)c2)cc1. The van der Waals surface area contributed by atoms with Gasteiger partial charge in [-0.15, -0.1) is 0 Å². The molecule has 0 radical (unpaired) electrons. The standard InChI is InChI=1S/C22H27ClN2O5S/c1-22(2,3)16-4-7-18(8-5-16)30-15-21(26)24-17-6-9-19(23)20(14-17)31(27,28)25-10-12-29-13-11-25/h4-9,14H,10-13,15H2,1-3H3,(H,24,26). The molecule has 7 nitrogen and oxygen atoms in total. The number of amides is 1. The van der Waals surface area contributed by atoms with E-state index in [1.165, 1.54) is 22.0 Å². The quantitative estimate of drug-likeness (QED) is 0.702. The van der Waals surface area contributed by atoms with Gasteiger partial charge in [-0.25, -0.2) is 8.42 Å². The Balaban J connectivity index is 1.64. The zero-order valence-corrected chi connectivity index (χ0v) is 19.4. The van der Waals surface area contributed by atoms with E-state index in [1.54, 1.807) is 6.07 Å². The second-order valence-corrected chi connectivity index (χ2v) is 10.6. The molecule has 1 amide bonds. The van der Waals surface area contributed by atoms with Crippen LogP contribution in [0.2, 0.25) is 5.02 Å².